The standard InChI is InChI=1S/2C6H8O7.3Sn.6H/c2*7-3(8)1-2(5(10)11)4(9)6(12)13;;;;;;;;;/h2*2,4,9H,1H2,(H,7,8)(H,10,11)(H,12,13);;;;;;;;;. The predicted octanol–water partition coefficient (Wildman–Crippen LogP) is -5.53. The first-order chi connectivity index (χ1) is 11.7. The number of hydrogen-bond acceptors (Lipinski definition) is 8. The van der Waals surface area contributed by atoms with Gasteiger partial charge in [0.1, 0.15) is 11.8 Å². The van der Waals surface area contributed by atoms with Crippen molar-refractivity contribution >= 4 is 108 Å². The molecule has 0 fully saturated rings. The summed E-state index contributed by atoms with van der Waals surface area (Å²) in [6.07, 6.45) is -6.26. The van der Waals surface area contributed by atoms with Crippen LogP contribution in [0.1, 0.15) is 12.8 Å². The first kappa shape index (κ1) is 38.7. The predicted molar refractivity (Wildman–Crippen MR) is 99.7 cm³/mol. The van der Waals surface area contributed by atoms with E-state index in [0.717, 1.165) is 0 Å². The van der Waals surface area contributed by atoms with E-state index < -0.39 is 72.7 Å². The van der Waals surface area contributed by atoms with Gasteiger partial charge in [-0.15, -0.1) is 0 Å². The normalized spacial score (nSPS) is 13.0. The molecular weight excluding hydrogens is 724 g/mol. The molecule has 0 rings (SSSR count). The third kappa shape index (κ3) is 17.7. The number of carboxylic acid groups (broad SMARTS) is 6. The van der Waals surface area contributed by atoms with Crippen LogP contribution in [0.5, 0.6) is 0 Å². The Morgan fingerprint density at radius 3 is 0.793 bits per heavy atom. The molecule has 4 unspecified atom stereocenters. The first-order valence-corrected chi connectivity index (χ1v) is 6.43. The van der Waals surface area contributed by atoms with Crippen molar-refractivity contribution in [1.29, 1.82) is 0 Å². The maximum absolute atomic E-state index is 10.3. The van der Waals surface area contributed by atoms with Crippen LogP contribution >= 0.6 is 0 Å². The van der Waals surface area contributed by atoms with Crippen molar-refractivity contribution in [2.45, 2.75) is 25.0 Å². The van der Waals surface area contributed by atoms with E-state index in [2.05, 4.69) is 0 Å². The number of rotatable bonds is 10. The topological polar surface area (TPSA) is 264 Å². The molecule has 0 saturated carbocycles. The van der Waals surface area contributed by atoms with Crippen LogP contribution in [0, 0.1) is 11.8 Å². The molecule has 0 aliphatic heterocycles. The average molecular weight is 746 g/mol. The second-order valence-electron chi connectivity index (χ2n) is 4.65. The number of aliphatic carboxylic acids is 6. The second-order valence-corrected chi connectivity index (χ2v) is 4.65. The molecule has 0 aliphatic rings. The molecule has 17 heteroatoms. The Morgan fingerprint density at radius 2 is 0.690 bits per heavy atom. The van der Waals surface area contributed by atoms with Crippen molar-refractivity contribution in [3.63, 3.8) is 0 Å². The molecule has 29 heavy (non-hydrogen) atoms. The number of carboxylic acids is 6. The molecule has 0 aromatic heterocycles. The zero-order valence-corrected chi connectivity index (χ0v) is 27.0. The summed E-state index contributed by atoms with van der Waals surface area (Å²) in [7, 11) is 0. The van der Waals surface area contributed by atoms with Crippen molar-refractivity contribution in [1.82, 2.24) is 0 Å². The number of aliphatic hydroxyl groups excluding tert-OH is 2. The van der Waals surface area contributed by atoms with E-state index in [1.165, 1.54) is 0 Å². The fraction of sp³-hybridized carbons (Fsp3) is 0.500. The third-order valence-corrected chi connectivity index (χ3v) is 2.69. The summed E-state index contributed by atoms with van der Waals surface area (Å²) in [5.41, 5.74) is 0. The second kappa shape index (κ2) is 19.1. The summed E-state index contributed by atoms with van der Waals surface area (Å²) in [5.74, 6) is -13.4. The van der Waals surface area contributed by atoms with Gasteiger partial charge in [0.2, 0.25) is 0 Å². The Labute approximate surface area is 212 Å². The van der Waals surface area contributed by atoms with Gasteiger partial charge < -0.3 is 40.9 Å². The van der Waals surface area contributed by atoms with Crippen molar-refractivity contribution < 1.29 is 69.6 Å². The molecular formula is C12H22O14Sn3. The van der Waals surface area contributed by atoms with Crippen LogP contribution in [0.2, 0.25) is 0 Å². The fourth-order valence-electron chi connectivity index (χ4n) is 1.39. The summed E-state index contributed by atoms with van der Waals surface area (Å²) in [5, 5.41) is 67.0. The minimum atomic E-state index is -2.20. The Hall–Kier alpha value is -0.864. The van der Waals surface area contributed by atoms with E-state index in [-0.39, 0.29) is 71.7 Å². The molecule has 14 nitrogen and oxygen atoms in total. The van der Waals surface area contributed by atoms with E-state index >= 15 is 0 Å². The van der Waals surface area contributed by atoms with E-state index in [4.69, 9.17) is 40.9 Å². The number of aliphatic hydroxyl groups is 2. The summed E-state index contributed by atoms with van der Waals surface area (Å²) in [6.45, 7) is 0. The summed E-state index contributed by atoms with van der Waals surface area (Å²) in [4.78, 5) is 61.0. The zero-order chi connectivity index (χ0) is 21.2. The van der Waals surface area contributed by atoms with Gasteiger partial charge in [-0.05, 0) is 0 Å². The average Bonchev–Trinajstić information content (AvgIpc) is 2.48. The molecule has 0 saturated heterocycles. The molecule has 0 aromatic rings. The van der Waals surface area contributed by atoms with E-state index in [1.807, 2.05) is 0 Å². The maximum atomic E-state index is 10.3. The summed E-state index contributed by atoms with van der Waals surface area (Å²) < 4.78 is 0. The van der Waals surface area contributed by atoms with Crippen molar-refractivity contribution in [2.24, 2.45) is 11.8 Å². The van der Waals surface area contributed by atoms with Gasteiger partial charge >= 0.3 is 108 Å². The van der Waals surface area contributed by atoms with E-state index in [1.54, 1.807) is 0 Å². The first-order valence-electron chi connectivity index (χ1n) is 6.43. The van der Waals surface area contributed by atoms with Gasteiger partial charge in [0.05, 0.1) is 12.8 Å². The molecule has 8 N–H and O–H groups in total. The van der Waals surface area contributed by atoms with E-state index in [9.17, 15) is 28.8 Å². The molecule has 6 radical (unpaired) electrons. The minimum absolute atomic E-state index is 0. The molecule has 0 amide bonds. The van der Waals surface area contributed by atoms with Crippen molar-refractivity contribution in [2.75, 3.05) is 0 Å². The van der Waals surface area contributed by atoms with Gasteiger partial charge in [0, 0.05) is 0 Å². The van der Waals surface area contributed by atoms with Crippen LogP contribution in [0.15, 0.2) is 0 Å². The van der Waals surface area contributed by atoms with Gasteiger partial charge in [-0.25, -0.2) is 9.59 Å². The van der Waals surface area contributed by atoms with Crippen molar-refractivity contribution in [3.05, 3.63) is 0 Å². The van der Waals surface area contributed by atoms with Gasteiger partial charge in [0.25, 0.3) is 0 Å². The third-order valence-electron chi connectivity index (χ3n) is 2.69. The molecule has 0 heterocycles. The number of carbonyl (C=O) groups is 6. The quantitative estimate of drug-likeness (QED) is 0.0971. The van der Waals surface area contributed by atoms with Crippen LogP contribution in [0.25, 0.3) is 0 Å². The van der Waals surface area contributed by atoms with Crippen LogP contribution in [-0.4, -0.2) is 161 Å². The Kier molecular flexibility index (Phi) is 25.5. The fourth-order valence-corrected chi connectivity index (χ4v) is 1.39. The SMILES string of the molecule is O=C(O)CC(C(=O)O)C(O)C(=O)O.O=C(O)CC(C(=O)O)C(O)C(=O)O.[SnH2].[SnH2].[SnH2]. The van der Waals surface area contributed by atoms with Crippen LogP contribution in [-0.2, 0) is 28.8 Å². The van der Waals surface area contributed by atoms with Crippen molar-refractivity contribution in [3.8, 4) is 0 Å². The summed E-state index contributed by atoms with van der Waals surface area (Å²) in [6, 6.07) is 0. The molecule has 0 aliphatic carbocycles. The van der Waals surface area contributed by atoms with Crippen LogP contribution in [0.3, 0.4) is 0 Å². The molecule has 0 bridgehead atoms. The van der Waals surface area contributed by atoms with Gasteiger partial charge in [0.15, 0.2) is 12.2 Å². The number of hydrogen-bond donors (Lipinski definition) is 8. The molecule has 4 atom stereocenters. The van der Waals surface area contributed by atoms with Crippen LogP contribution < -0.4 is 0 Å². The molecule has 0 spiro atoms. The Balaban J connectivity index is -0.000000120. The van der Waals surface area contributed by atoms with E-state index in [0.29, 0.717) is 0 Å². The van der Waals surface area contributed by atoms with Gasteiger partial charge in [-0.3, -0.25) is 19.2 Å². The van der Waals surface area contributed by atoms with Gasteiger partial charge in [-0.1, -0.05) is 0 Å². The summed E-state index contributed by atoms with van der Waals surface area (Å²) >= 11 is 0. The molecule has 0 aromatic carbocycles. The van der Waals surface area contributed by atoms with Crippen LogP contribution in [0.4, 0.5) is 0 Å². The zero-order valence-electron chi connectivity index (χ0n) is 14.9. The monoisotopic (exact) mass is 750 g/mol. The Morgan fingerprint density at radius 1 is 0.483 bits per heavy atom. The van der Waals surface area contributed by atoms with Gasteiger partial charge in [-0.2, -0.15) is 0 Å². The Bertz CT molecular complexity index is 530. The molecule has 166 valence electrons.